The van der Waals surface area contributed by atoms with Gasteiger partial charge in [0, 0.05) is 26.3 Å². The lowest BCUT2D eigenvalue weighted by atomic mass is 10.0. The summed E-state index contributed by atoms with van der Waals surface area (Å²) >= 11 is 0. The Hall–Kier alpha value is -3.71. The molecule has 0 amide bonds. The van der Waals surface area contributed by atoms with Crippen molar-refractivity contribution in [3.8, 4) is 11.1 Å². The molecule has 1 saturated heterocycles. The number of likely N-dealkylation sites (tertiary alicyclic amines) is 1. The van der Waals surface area contributed by atoms with E-state index < -0.39 is 5.69 Å². The molecule has 2 aromatic carbocycles. The summed E-state index contributed by atoms with van der Waals surface area (Å²) in [5, 5.41) is 10.6. The molecular weight excluding hydrogens is 414 g/mol. The molecule has 168 valence electrons. The predicted molar refractivity (Wildman–Crippen MR) is 129 cm³/mol. The Labute approximate surface area is 192 Å². The SMILES string of the molecule is CN(Cc1cccc(-c2cccc(CN3CCCC3)c2)c1)c1nc(=O)n(O)c2ncccc12. The maximum atomic E-state index is 12.1. The average Bonchev–Trinajstić information content (AvgIpc) is 3.35. The normalized spacial score (nSPS) is 14.1. The lowest BCUT2D eigenvalue weighted by molar-refractivity contribution is 0.182. The molecule has 4 aromatic rings. The smallest absolute Gasteiger partial charge is 0.384 e. The maximum absolute atomic E-state index is 12.1. The first-order valence-corrected chi connectivity index (χ1v) is 11.3. The summed E-state index contributed by atoms with van der Waals surface area (Å²) in [7, 11) is 1.89. The van der Waals surface area contributed by atoms with Crippen molar-refractivity contribution in [1.82, 2.24) is 19.6 Å². The van der Waals surface area contributed by atoms with Crippen molar-refractivity contribution in [2.75, 3.05) is 25.0 Å². The summed E-state index contributed by atoms with van der Waals surface area (Å²) in [6, 6.07) is 20.8. The monoisotopic (exact) mass is 441 g/mol. The Bertz CT molecular complexity index is 1340. The average molecular weight is 442 g/mol. The summed E-state index contributed by atoms with van der Waals surface area (Å²) in [6.07, 6.45) is 4.13. The van der Waals surface area contributed by atoms with Crippen molar-refractivity contribution in [2.45, 2.75) is 25.9 Å². The molecule has 1 aliphatic heterocycles. The number of benzene rings is 2. The van der Waals surface area contributed by atoms with Gasteiger partial charge in [0.1, 0.15) is 5.82 Å². The van der Waals surface area contributed by atoms with E-state index in [1.807, 2.05) is 11.9 Å². The summed E-state index contributed by atoms with van der Waals surface area (Å²) in [5.41, 5.74) is 4.26. The van der Waals surface area contributed by atoms with Gasteiger partial charge < -0.3 is 10.1 Å². The number of pyridine rings is 1. The number of hydrogen-bond acceptors (Lipinski definition) is 6. The van der Waals surface area contributed by atoms with E-state index in [-0.39, 0.29) is 5.65 Å². The number of aromatic nitrogens is 3. The Morgan fingerprint density at radius 3 is 2.42 bits per heavy atom. The molecule has 1 fully saturated rings. The number of rotatable bonds is 6. The Balaban J connectivity index is 1.40. The molecule has 0 saturated carbocycles. The van der Waals surface area contributed by atoms with Gasteiger partial charge in [0.2, 0.25) is 0 Å². The molecule has 0 atom stereocenters. The highest BCUT2D eigenvalue weighted by Gasteiger charge is 2.15. The summed E-state index contributed by atoms with van der Waals surface area (Å²) in [4.78, 5) is 24.8. The molecule has 0 spiro atoms. The van der Waals surface area contributed by atoms with Crippen molar-refractivity contribution in [1.29, 1.82) is 0 Å². The van der Waals surface area contributed by atoms with E-state index in [4.69, 9.17) is 0 Å². The van der Waals surface area contributed by atoms with Gasteiger partial charge in [-0.15, -0.1) is 4.73 Å². The van der Waals surface area contributed by atoms with Crippen LogP contribution in [0.3, 0.4) is 0 Å². The topological polar surface area (TPSA) is 74.5 Å². The highest BCUT2D eigenvalue weighted by molar-refractivity contribution is 5.86. The van der Waals surface area contributed by atoms with Crippen molar-refractivity contribution in [3.63, 3.8) is 0 Å². The fourth-order valence-electron chi connectivity index (χ4n) is 4.57. The van der Waals surface area contributed by atoms with Crippen LogP contribution in [0.15, 0.2) is 71.7 Å². The zero-order chi connectivity index (χ0) is 22.8. The Morgan fingerprint density at radius 2 is 1.67 bits per heavy atom. The first-order chi connectivity index (χ1) is 16.1. The third kappa shape index (κ3) is 4.45. The van der Waals surface area contributed by atoms with E-state index >= 15 is 0 Å². The fourth-order valence-corrected chi connectivity index (χ4v) is 4.57. The fraction of sp³-hybridized carbons (Fsp3) is 0.269. The van der Waals surface area contributed by atoms with E-state index in [0.29, 0.717) is 22.5 Å². The van der Waals surface area contributed by atoms with Gasteiger partial charge in [-0.1, -0.05) is 36.4 Å². The van der Waals surface area contributed by atoms with Crippen LogP contribution in [0.1, 0.15) is 24.0 Å². The standard InChI is InChI=1S/C26H27N5O2/c1-29(25-23-11-6-12-27-24(23)31(33)26(32)28-25)17-19-7-4-9-21(15-19)22-10-5-8-20(16-22)18-30-13-2-3-14-30/h4-12,15-16,33H,2-3,13-14,17-18H2,1H3. The van der Waals surface area contributed by atoms with E-state index in [1.165, 1.54) is 37.1 Å². The third-order valence-corrected chi connectivity index (χ3v) is 6.18. The summed E-state index contributed by atoms with van der Waals surface area (Å²) in [6.45, 7) is 3.93. The number of fused-ring (bicyclic) bond motifs is 1. The van der Waals surface area contributed by atoms with Crippen LogP contribution < -0.4 is 10.6 Å². The van der Waals surface area contributed by atoms with Crippen molar-refractivity contribution in [2.24, 2.45) is 0 Å². The zero-order valence-electron chi connectivity index (χ0n) is 18.7. The second-order valence-electron chi connectivity index (χ2n) is 8.64. The first-order valence-electron chi connectivity index (χ1n) is 11.3. The maximum Gasteiger partial charge on any atom is 0.384 e. The van der Waals surface area contributed by atoms with Crippen molar-refractivity contribution >= 4 is 16.9 Å². The van der Waals surface area contributed by atoms with Crippen LogP contribution in [0.5, 0.6) is 0 Å². The third-order valence-electron chi connectivity index (χ3n) is 6.18. The van der Waals surface area contributed by atoms with Crippen LogP contribution in [0.2, 0.25) is 0 Å². The molecule has 0 radical (unpaired) electrons. The van der Waals surface area contributed by atoms with Gasteiger partial charge in [0.05, 0.1) is 5.39 Å². The molecule has 7 heteroatoms. The van der Waals surface area contributed by atoms with Crippen LogP contribution in [0.25, 0.3) is 22.2 Å². The Morgan fingerprint density at radius 1 is 0.970 bits per heavy atom. The molecule has 0 bridgehead atoms. The van der Waals surface area contributed by atoms with Crippen LogP contribution in [0.4, 0.5) is 5.82 Å². The second-order valence-corrected chi connectivity index (χ2v) is 8.64. The molecule has 3 heterocycles. The van der Waals surface area contributed by atoms with Crippen molar-refractivity contribution < 1.29 is 5.21 Å². The minimum atomic E-state index is -0.744. The molecule has 0 aliphatic carbocycles. The van der Waals surface area contributed by atoms with Crippen LogP contribution >= 0.6 is 0 Å². The van der Waals surface area contributed by atoms with E-state index in [0.717, 1.165) is 17.7 Å². The summed E-state index contributed by atoms with van der Waals surface area (Å²) < 4.78 is 0.489. The highest BCUT2D eigenvalue weighted by Crippen LogP contribution is 2.25. The van der Waals surface area contributed by atoms with E-state index in [9.17, 15) is 10.0 Å². The molecule has 2 aromatic heterocycles. The van der Waals surface area contributed by atoms with Gasteiger partial charge in [-0.05, 0) is 72.5 Å². The van der Waals surface area contributed by atoms with Gasteiger partial charge in [-0.25, -0.2) is 9.78 Å². The quantitative estimate of drug-likeness (QED) is 0.457. The van der Waals surface area contributed by atoms with E-state index in [1.54, 1.807) is 18.3 Å². The number of anilines is 1. The molecule has 33 heavy (non-hydrogen) atoms. The van der Waals surface area contributed by atoms with Gasteiger partial charge in [-0.2, -0.15) is 4.98 Å². The summed E-state index contributed by atoms with van der Waals surface area (Å²) in [5.74, 6) is 0.492. The van der Waals surface area contributed by atoms with Crippen molar-refractivity contribution in [3.05, 3.63) is 88.5 Å². The molecule has 5 rings (SSSR count). The van der Waals surface area contributed by atoms with Gasteiger partial charge in [0.15, 0.2) is 5.65 Å². The Kier molecular flexibility index (Phi) is 5.79. The van der Waals surface area contributed by atoms with Crippen LogP contribution in [0, 0.1) is 0 Å². The lowest BCUT2D eigenvalue weighted by Gasteiger charge is -2.20. The van der Waals surface area contributed by atoms with E-state index in [2.05, 4.69) is 63.4 Å². The molecule has 1 N–H and O–H groups in total. The number of nitrogens with zero attached hydrogens (tertiary/aromatic N) is 5. The molecular formula is C26H27N5O2. The second kappa shape index (κ2) is 9.03. The highest BCUT2D eigenvalue weighted by atomic mass is 16.5. The van der Waals surface area contributed by atoms with Gasteiger partial charge >= 0.3 is 5.69 Å². The zero-order valence-corrected chi connectivity index (χ0v) is 18.7. The van der Waals surface area contributed by atoms with Gasteiger partial charge in [0.25, 0.3) is 0 Å². The van der Waals surface area contributed by atoms with Gasteiger partial charge in [-0.3, -0.25) is 4.90 Å². The van der Waals surface area contributed by atoms with Crippen LogP contribution in [-0.2, 0) is 13.1 Å². The molecule has 0 unspecified atom stereocenters. The number of hydrogen-bond donors (Lipinski definition) is 1. The minimum Gasteiger partial charge on any atom is -0.422 e. The lowest BCUT2D eigenvalue weighted by Crippen LogP contribution is -2.27. The minimum absolute atomic E-state index is 0.197. The largest absolute Gasteiger partial charge is 0.422 e. The molecule has 1 aliphatic rings. The molecule has 7 nitrogen and oxygen atoms in total. The van der Waals surface area contributed by atoms with Crippen LogP contribution in [-0.4, -0.2) is 44.9 Å². The predicted octanol–water partition coefficient (Wildman–Crippen LogP) is 3.93. The first kappa shape index (κ1) is 21.2.